The number of esters is 1. The molecule has 21 heavy (non-hydrogen) atoms. The Morgan fingerprint density at radius 2 is 2.24 bits per heavy atom. The summed E-state index contributed by atoms with van der Waals surface area (Å²) in [5.74, 6) is -0.446. The first-order chi connectivity index (χ1) is 10.1. The summed E-state index contributed by atoms with van der Waals surface area (Å²) in [5, 5.41) is 0.393. The maximum absolute atomic E-state index is 13.0. The molecule has 0 saturated carbocycles. The Balaban J connectivity index is 2.05. The van der Waals surface area contributed by atoms with Gasteiger partial charge in [0.25, 0.3) is 0 Å². The summed E-state index contributed by atoms with van der Waals surface area (Å²) >= 11 is 1.27. The molecule has 0 saturated heterocycles. The van der Waals surface area contributed by atoms with Crippen LogP contribution in [-0.2, 0) is 10.5 Å². The van der Waals surface area contributed by atoms with E-state index in [2.05, 4.69) is 15.0 Å². The van der Waals surface area contributed by atoms with Crippen molar-refractivity contribution in [1.82, 2.24) is 15.0 Å². The number of ether oxygens (including phenoxy) is 1. The van der Waals surface area contributed by atoms with Gasteiger partial charge in [-0.3, -0.25) is 4.98 Å². The van der Waals surface area contributed by atoms with E-state index in [4.69, 9.17) is 10.5 Å². The molecule has 0 atom stereocenters. The van der Waals surface area contributed by atoms with Crippen LogP contribution in [-0.4, -0.2) is 27.5 Å². The third-order valence-electron chi connectivity index (χ3n) is 2.42. The topological polar surface area (TPSA) is 91.0 Å². The molecule has 0 aromatic carbocycles. The van der Waals surface area contributed by atoms with Crippen molar-refractivity contribution in [3.05, 3.63) is 41.6 Å². The molecule has 0 spiro atoms. The quantitative estimate of drug-likeness (QED) is 0.513. The van der Waals surface area contributed by atoms with E-state index in [1.54, 1.807) is 13.1 Å². The van der Waals surface area contributed by atoms with Gasteiger partial charge in [-0.2, -0.15) is 0 Å². The maximum atomic E-state index is 13.0. The van der Waals surface area contributed by atoms with Gasteiger partial charge in [0.05, 0.1) is 12.8 Å². The van der Waals surface area contributed by atoms with E-state index in [0.29, 0.717) is 16.5 Å². The Morgan fingerprint density at radius 3 is 2.90 bits per heavy atom. The van der Waals surface area contributed by atoms with Crippen LogP contribution < -0.4 is 5.73 Å². The highest BCUT2D eigenvalue weighted by Crippen LogP contribution is 2.21. The monoisotopic (exact) mass is 308 g/mol. The number of pyridine rings is 1. The second kappa shape index (κ2) is 6.98. The lowest BCUT2D eigenvalue weighted by Gasteiger charge is -2.06. The van der Waals surface area contributed by atoms with E-state index < -0.39 is 11.8 Å². The zero-order valence-electron chi connectivity index (χ0n) is 11.2. The summed E-state index contributed by atoms with van der Waals surface area (Å²) in [5.41, 5.74) is 6.55. The van der Waals surface area contributed by atoms with E-state index >= 15 is 0 Å². The predicted octanol–water partition coefficient (Wildman–Crippen LogP) is 2.06. The van der Waals surface area contributed by atoms with Crippen molar-refractivity contribution in [3.63, 3.8) is 0 Å². The minimum atomic E-state index is -0.555. The van der Waals surface area contributed by atoms with E-state index in [1.165, 1.54) is 24.0 Å². The fourth-order valence-corrected chi connectivity index (χ4v) is 2.24. The fourth-order valence-electron chi connectivity index (χ4n) is 1.50. The molecule has 0 aliphatic rings. The molecule has 110 valence electrons. The Hall–Kier alpha value is -2.22. The summed E-state index contributed by atoms with van der Waals surface area (Å²) in [4.78, 5) is 23.4. The highest BCUT2D eigenvalue weighted by molar-refractivity contribution is 7.98. The van der Waals surface area contributed by atoms with Gasteiger partial charge in [0.15, 0.2) is 5.16 Å². The highest BCUT2D eigenvalue weighted by atomic mass is 32.2. The predicted molar refractivity (Wildman–Crippen MR) is 76.2 cm³/mol. The molecule has 6 nitrogen and oxygen atoms in total. The lowest BCUT2D eigenvalue weighted by Crippen LogP contribution is -2.10. The van der Waals surface area contributed by atoms with Gasteiger partial charge < -0.3 is 10.5 Å². The van der Waals surface area contributed by atoms with Crippen molar-refractivity contribution >= 4 is 23.5 Å². The molecule has 0 bridgehead atoms. The summed E-state index contributed by atoms with van der Waals surface area (Å²) in [6, 6.07) is 1.39. The second-order valence-electron chi connectivity index (χ2n) is 3.97. The van der Waals surface area contributed by atoms with Crippen molar-refractivity contribution < 1.29 is 13.9 Å². The number of carbonyl (C=O) groups excluding carboxylic acids is 1. The van der Waals surface area contributed by atoms with Gasteiger partial charge in [0.1, 0.15) is 17.2 Å². The summed E-state index contributed by atoms with van der Waals surface area (Å²) in [6.45, 7) is 1.95. The minimum Gasteiger partial charge on any atom is -0.462 e. The molecule has 0 aliphatic heterocycles. The average Bonchev–Trinajstić information content (AvgIpc) is 2.45. The molecular weight excluding hydrogens is 295 g/mol. The van der Waals surface area contributed by atoms with Crippen LogP contribution in [0.25, 0.3) is 0 Å². The van der Waals surface area contributed by atoms with Crippen LogP contribution in [0.4, 0.5) is 10.2 Å². The van der Waals surface area contributed by atoms with Crippen molar-refractivity contribution in [1.29, 1.82) is 0 Å². The Bertz CT molecular complexity index is 654. The van der Waals surface area contributed by atoms with E-state index in [-0.39, 0.29) is 18.0 Å². The van der Waals surface area contributed by atoms with Gasteiger partial charge >= 0.3 is 5.97 Å². The van der Waals surface area contributed by atoms with Crippen LogP contribution in [0.2, 0.25) is 0 Å². The van der Waals surface area contributed by atoms with Crippen molar-refractivity contribution in [3.8, 4) is 0 Å². The number of hydrogen-bond acceptors (Lipinski definition) is 7. The first kappa shape index (κ1) is 15.2. The van der Waals surface area contributed by atoms with Crippen LogP contribution in [0, 0.1) is 5.82 Å². The van der Waals surface area contributed by atoms with Gasteiger partial charge in [0.2, 0.25) is 0 Å². The maximum Gasteiger partial charge on any atom is 0.343 e. The number of rotatable bonds is 5. The first-order valence-corrected chi connectivity index (χ1v) is 7.10. The van der Waals surface area contributed by atoms with Crippen molar-refractivity contribution in [2.24, 2.45) is 0 Å². The Kier molecular flexibility index (Phi) is 5.04. The zero-order chi connectivity index (χ0) is 15.2. The molecule has 2 aromatic heterocycles. The number of nitrogens with two attached hydrogens (primary N) is 1. The molecule has 0 aliphatic carbocycles. The molecule has 2 rings (SSSR count). The molecule has 0 radical (unpaired) electrons. The van der Waals surface area contributed by atoms with E-state index in [0.717, 1.165) is 6.20 Å². The summed E-state index contributed by atoms with van der Waals surface area (Å²) in [7, 11) is 0. The number of anilines is 1. The van der Waals surface area contributed by atoms with Gasteiger partial charge in [-0.25, -0.2) is 19.2 Å². The third kappa shape index (κ3) is 4.12. The molecule has 0 unspecified atom stereocenters. The second-order valence-corrected chi connectivity index (χ2v) is 4.91. The van der Waals surface area contributed by atoms with E-state index in [1.807, 2.05) is 0 Å². The standard InChI is InChI=1S/C13H13FN4O2S/c1-2-20-12(19)10-6-17-13(18-11(10)15)21-7-8-3-9(14)5-16-4-8/h3-6H,2,7H2,1H3,(H2,15,17,18). The SMILES string of the molecule is CCOC(=O)c1cnc(SCc2cncc(F)c2)nc1N. The van der Waals surface area contributed by atoms with Crippen molar-refractivity contribution in [2.45, 2.75) is 17.8 Å². The third-order valence-corrected chi connectivity index (χ3v) is 3.35. The lowest BCUT2D eigenvalue weighted by molar-refractivity contribution is 0.0526. The minimum absolute atomic E-state index is 0.0586. The largest absolute Gasteiger partial charge is 0.462 e. The molecular formula is C13H13FN4O2S. The van der Waals surface area contributed by atoms with Gasteiger partial charge in [-0.1, -0.05) is 11.8 Å². The first-order valence-electron chi connectivity index (χ1n) is 6.12. The Morgan fingerprint density at radius 1 is 1.43 bits per heavy atom. The average molecular weight is 308 g/mol. The molecule has 0 amide bonds. The zero-order valence-corrected chi connectivity index (χ0v) is 12.1. The fraction of sp³-hybridized carbons (Fsp3) is 0.231. The molecule has 2 heterocycles. The van der Waals surface area contributed by atoms with E-state index in [9.17, 15) is 9.18 Å². The number of nitrogen functional groups attached to an aromatic ring is 1. The smallest absolute Gasteiger partial charge is 0.343 e. The van der Waals surface area contributed by atoms with Crippen molar-refractivity contribution in [2.75, 3.05) is 12.3 Å². The van der Waals surface area contributed by atoms with Crippen LogP contribution in [0.3, 0.4) is 0 Å². The highest BCUT2D eigenvalue weighted by Gasteiger charge is 2.13. The number of nitrogens with zero attached hydrogens (tertiary/aromatic N) is 3. The number of hydrogen-bond donors (Lipinski definition) is 1. The summed E-state index contributed by atoms with van der Waals surface area (Å²) in [6.07, 6.45) is 4.02. The van der Waals surface area contributed by atoms with Crippen LogP contribution in [0.15, 0.2) is 29.8 Å². The van der Waals surface area contributed by atoms with Gasteiger partial charge in [-0.15, -0.1) is 0 Å². The van der Waals surface area contributed by atoms with Crippen LogP contribution in [0.5, 0.6) is 0 Å². The van der Waals surface area contributed by atoms with Gasteiger partial charge in [-0.05, 0) is 18.6 Å². The summed E-state index contributed by atoms with van der Waals surface area (Å²) < 4.78 is 17.8. The molecule has 2 aromatic rings. The number of carbonyl (C=O) groups is 1. The number of aromatic nitrogens is 3. The molecule has 0 fully saturated rings. The number of thioether (sulfide) groups is 1. The van der Waals surface area contributed by atoms with Gasteiger partial charge in [0, 0.05) is 18.1 Å². The Labute approximate surface area is 125 Å². The van der Waals surface area contributed by atoms with Crippen LogP contribution in [0.1, 0.15) is 22.8 Å². The van der Waals surface area contributed by atoms with Crippen LogP contribution >= 0.6 is 11.8 Å². The number of halogens is 1. The lowest BCUT2D eigenvalue weighted by atomic mass is 10.3. The molecule has 2 N–H and O–H groups in total. The molecule has 8 heteroatoms. The normalized spacial score (nSPS) is 10.4.